The zero-order valence-corrected chi connectivity index (χ0v) is 11.2. The highest BCUT2D eigenvalue weighted by molar-refractivity contribution is 5.93. The van der Waals surface area contributed by atoms with E-state index in [1.54, 1.807) is 24.5 Å². The lowest BCUT2D eigenvalue weighted by Crippen LogP contribution is -2.30. The van der Waals surface area contributed by atoms with Gasteiger partial charge in [-0.1, -0.05) is 12.1 Å². The fourth-order valence-corrected chi connectivity index (χ4v) is 1.77. The van der Waals surface area contributed by atoms with Crippen molar-refractivity contribution < 1.29 is 14.7 Å². The number of anilines is 1. The molecular formula is C15H15N3O3. The number of hydrogen-bond donors (Lipinski definition) is 3. The molecule has 0 aliphatic rings. The van der Waals surface area contributed by atoms with Gasteiger partial charge in [0.05, 0.1) is 5.56 Å². The second-order valence-electron chi connectivity index (χ2n) is 4.38. The molecule has 2 amide bonds. The van der Waals surface area contributed by atoms with Gasteiger partial charge in [-0.15, -0.1) is 0 Å². The fraction of sp³-hybridized carbons (Fsp3) is 0.133. The quantitative estimate of drug-likeness (QED) is 0.785. The zero-order chi connectivity index (χ0) is 15.1. The summed E-state index contributed by atoms with van der Waals surface area (Å²) in [6.45, 7) is 0.468. The van der Waals surface area contributed by atoms with Gasteiger partial charge in [0, 0.05) is 24.6 Å². The van der Waals surface area contributed by atoms with E-state index in [0.29, 0.717) is 18.7 Å². The monoisotopic (exact) mass is 285 g/mol. The van der Waals surface area contributed by atoms with E-state index in [1.807, 2.05) is 12.1 Å². The lowest BCUT2D eigenvalue weighted by molar-refractivity contribution is 0.0697. The number of urea groups is 1. The Kier molecular flexibility index (Phi) is 4.87. The van der Waals surface area contributed by atoms with E-state index >= 15 is 0 Å². The maximum absolute atomic E-state index is 11.7. The van der Waals surface area contributed by atoms with Crippen molar-refractivity contribution in [3.05, 3.63) is 59.9 Å². The van der Waals surface area contributed by atoms with Gasteiger partial charge in [-0.25, -0.2) is 9.59 Å². The van der Waals surface area contributed by atoms with Crippen LogP contribution < -0.4 is 10.6 Å². The highest BCUT2D eigenvalue weighted by atomic mass is 16.4. The van der Waals surface area contributed by atoms with Gasteiger partial charge in [0.15, 0.2) is 0 Å². The number of amides is 2. The number of benzene rings is 1. The van der Waals surface area contributed by atoms with Crippen LogP contribution in [0.2, 0.25) is 0 Å². The van der Waals surface area contributed by atoms with Gasteiger partial charge < -0.3 is 15.7 Å². The summed E-state index contributed by atoms with van der Waals surface area (Å²) in [5.41, 5.74) is 1.60. The molecule has 0 aliphatic heterocycles. The lowest BCUT2D eigenvalue weighted by Gasteiger charge is -2.08. The molecule has 1 aromatic heterocycles. The second-order valence-corrected chi connectivity index (χ2v) is 4.38. The molecule has 1 aromatic carbocycles. The summed E-state index contributed by atoms with van der Waals surface area (Å²) >= 11 is 0. The largest absolute Gasteiger partial charge is 0.478 e. The van der Waals surface area contributed by atoms with Gasteiger partial charge in [0.25, 0.3) is 0 Å². The number of pyridine rings is 1. The highest BCUT2D eigenvalue weighted by Gasteiger charge is 2.05. The van der Waals surface area contributed by atoms with Gasteiger partial charge >= 0.3 is 12.0 Å². The molecule has 1 heterocycles. The molecule has 0 radical (unpaired) electrons. The third kappa shape index (κ3) is 4.61. The maximum Gasteiger partial charge on any atom is 0.335 e. The first-order valence-electron chi connectivity index (χ1n) is 6.42. The second kappa shape index (κ2) is 7.04. The number of carbonyl (C=O) groups is 2. The summed E-state index contributed by atoms with van der Waals surface area (Å²) < 4.78 is 0. The predicted molar refractivity (Wildman–Crippen MR) is 78.4 cm³/mol. The zero-order valence-electron chi connectivity index (χ0n) is 11.2. The Hall–Kier alpha value is -2.89. The van der Waals surface area contributed by atoms with Crippen LogP contribution in [0.25, 0.3) is 0 Å². The van der Waals surface area contributed by atoms with E-state index in [-0.39, 0.29) is 11.6 Å². The molecule has 6 nitrogen and oxygen atoms in total. The van der Waals surface area contributed by atoms with Crippen LogP contribution in [0.3, 0.4) is 0 Å². The van der Waals surface area contributed by atoms with Gasteiger partial charge in [0.1, 0.15) is 0 Å². The van der Waals surface area contributed by atoms with Crippen LogP contribution >= 0.6 is 0 Å². The Labute approximate surface area is 121 Å². The molecule has 0 bridgehead atoms. The van der Waals surface area contributed by atoms with Crippen LogP contribution in [-0.2, 0) is 6.42 Å². The third-order valence-corrected chi connectivity index (χ3v) is 2.79. The van der Waals surface area contributed by atoms with E-state index in [2.05, 4.69) is 15.6 Å². The molecule has 0 unspecified atom stereocenters. The van der Waals surface area contributed by atoms with Gasteiger partial charge in [0.2, 0.25) is 0 Å². The molecule has 0 saturated heterocycles. The smallest absolute Gasteiger partial charge is 0.335 e. The summed E-state index contributed by atoms with van der Waals surface area (Å²) in [7, 11) is 0. The molecule has 21 heavy (non-hydrogen) atoms. The molecule has 108 valence electrons. The van der Waals surface area contributed by atoms with Crippen LogP contribution in [0.1, 0.15) is 15.9 Å². The van der Waals surface area contributed by atoms with Crippen molar-refractivity contribution in [2.45, 2.75) is 6.42 Å². The summed E-state index contributed by atoms with van der Waals surface area (Å²) in [6, 6.07) is 9.48. The minimum absolute atomic E-state index is 0.128. The van der Waals surface area contributed by atoms with Crippen molar-refractivity contribution in [2.75, 3.05) is 11.9 Å². The first-order chi connectivity index (χ1) is 10.1. The average Bonchev–Trinajstić information content (AvgIpc) is 2.48. The average molecular weight is 285 g/mol. The molecule has 2 rings (SSSR count). The number of carboxylic acid groups (broad SMARTS) is 1. The Bertz CT molecular complexity index is 629. The number of hydrogen-bond acceptors (Lipinski definition) is 3. The molecule has 2 aromatic rings. The molecule has 0 atom stereocenters. The maximum atomic E-state index is 11.7. The van der Waals surface area contributed by atoms with Crippen LogP contribution in [0.4, 0.5) is 10.5 Å². The molecule has 0 saturated carbocycles. The molecule has 3 N–H and O–H groups in total. The summed E-state index contributed by atoms with van der Waals surface area (Å²) in [5, 5.41) is 14.2. The summed E-state index contributed by atoms with van der Waals surface area (Å²) in [4.78, 5) is 26.5. The first kappa shape index (κ1) is 14.5. The Morgan fingerprint density at radius 3 is 2.76 bits per heavy atom. The number of nitrogens with zero attached hydrogens (tertiary/aromatic N) is 1. The van der Waals surface area contributed by atoms with Crippen molar-refractivity contribution in [3.63, 3.8) is 0 Å². The topological polar surface area (TPSA) is 91.3 Å². The van der Waals surface area contributed by atoms with E-state index in [4.69, 9.17) is 5.11 Å². The van der Waals surface area contributed by atoms with E-state index in [1.165, 1.54) is 12.1 Å². The molecule has 0 fully saturated rings. The highest BCUT2D eigenvalue weighted by Crippen LogP contribution is 2.10. The fourth-order valence-electron chi connectivity index (χ4n) is 1.77. The lowest BCUT2D eigenvalue weighted by atomic mass is 10.2. The molecule has 0 spiro atoms. The standard InChI is InChI=1S/C15H15N3O3/c19-14(20)12-4-1-5-13(9-12)18-15(21)17-8-6-11-3-2-7-16-10-11/h1-5,7,9-10H,6,8H2,(H,19,20)(H2,17,18,21). The molecule has 6 heteroatoms. The van der Waals surface area contributed by atoms with Crippen LogP contribution in [0.15, 0.2) is 48.8 Å². The number of rotatable bonds is 5. The van der Waals surface area contributed by atoms with Crippen molar-refractivity contribution in [1.29, 1.82) is 0 Å². The van der Waals surface area contributed by atoms with E-state index in [0.717, 1.165) is 5.56 Å². The Morgan fingerprint density at radius 1 is 1.19 bits per heavy atom. The Morgan fingerprint density at radius 2 is 2.05 bits per heavy atom. The predicted octanol–water partition coefficient (Wildman–Crippen LogP) is 2.14. The first-order valence-corrected chi connectivity index (χ1v) is 6.42. The summed E-state index contributed by atoms with van der Waals surface area (Å²) in [5.74, 6) is -1.03. The van der Waals surface area contributed by atoms with E-state index in [9.17, 15) is 9.59 Å². The number of aromatic carboxylic acids is 1. The van der Waals surface area contributed by atoms with Gasteiger partial charge in [-0.2, -0.15) is 0 Å². The third-order valence-electron chi connectivity index (χ3n) is 2.79. The van der Waals surface area contributed by atoms with Gasteiger partial charge in [-0.05, 0) is 36.2 Å². The Balaban J connectivity index is 1.82. The molecule has 0 aliphatic carbocycles. The molecular weight excluding hydrogens is 270 g/mol. The number of nitrogens with one attached hydrogen (secondary N) is 2. The summed E-state index contributed by atoms with van der Waals surface area (Å²) in [6.07, 6.45) is 4.12. The number of carbonyl (C=O) groups excluding carboxylic acids is 1. The normalized spacial score (nSPS) is 9.90. The van der Waals surface area contributed by atoms with Crippen molar-refractivity contribution in [2.24, 2.45) is 0 Å². The van der Waals surface area contributed by atoms with Crippen molar-refractivity contribution >= 4 is 17.7 Å². The van der Waals surface area contributed by atoms with Crippen molar-refractivity contribution in [3.8, 4) is 0 Å². The minimum atomic E-state index is -1.03. The minimum Gasteiger partial charge on any atom is -0.478 e. The van der Waals surface area contributed by atoms with Crippen LogP contribution in [0.5, 0.6) is 0 Å². The van der Waals surface area contributed by atoms with Crippen LogP contribution in [-0.4, -0.2) is 28.6 Å². The van der Waals surface area contributed by atoms with Crippen LogP contribution in [0, 0.1) is 0 Å². The van der Waals surface area contributed by atoms with Crippen molar-refractivity contribution in [1.82, 2.24) is 10.3 Å². The SMILES string of the molecule is O=C(NCCc1cccnc1)Nc1cccc(C(=O)O)c1. The van der Waals surface area contributed by atoms with E-state index < -0.39 is 5.97 Å². The van der Waals surface area contributed by atoms with Gasteiger partial charge in [-0.3, -0.25) is 4.98 Å². The number of carboxylic acids is 1. The number of aromatic nitrogens is 1.